The number of carbonyl (C=O) groups excluding carboxylic acids is 1. The molecule has 10 heteroatoms. The molecule has 0 spiro atoms. The molecule has 2 atom stereocenters. The largest absolute Gasteiger partial charge is 0.755 e. The minimum Gasteiger partial charge on any atom is -0.755 e. The van der Waals surface area contributed by atoms with Crippen molar-refractivity contribution in [3.05, 3.63) is 40.7 Å². The fraction of sp³-hybridized carbons (Fsp3) is 0.500. The highest BCUT2D eigenvalue weighted by Crippen LogP contribution is 2.40. The van der Waals surface area contributed by atoms with Gasteiger partial charge in [-0.25, -0.2) is 4.79 Å². The van der Waals surface area contributed by atoms with Gasteiger partial charge in [-0.3, -0.25) is 13.2 Å². The lowest BCUT2D eigenvalue weighted by Crippen LogP contribution is -2.33. The molecule has 2 amide bonds. The minimum atomic E-state index is -2.29. The van der Waals surface area contributed by atoms with E-state index in [0.29, 0.717) is 12.2 Å². The van der Waals surface area contributed by atoms with Gasteiger partial charge in [0, 0.05) is 38.2 Å². The van der Waals surface area contributed by atoms with E-state index in [1.807, 2.05) is 0 Å². The van der Waals surface area contributed by atoms with Gasteiger partial charge in [0.05, 0.1) is 24.5 Å². The molecule has 5 rings (SSSR count). The first kappa shape index (κ1) is 20.8. The maximum absolute atomic E-state index is 11.1. The number of hydrogen-bond donors (Lipinski definition) is 2. The zero-order valence-electron chi connectivity index (χ0n) is 16.9. The Morgan fingerprint density at radius 2 is 2.10 bits per heavy atom. The Hall–Kier alpha value is -2.43. The minimum absolute atomic E-state index is 0. The molecule has 0 radical (unpaired) electrons. The fourth-order valence-electron chi connectivity index (χ4n) is 4.11. The van der Waals surface area contributed by atoms with Crippen LogP contribution < -0.4 is 15.4 Å². The monoisotopic (exact) mass is 434 g/mol. The van der Waals surface area contributed by atoms with Gasteiger partial charge in [0.2, 0.25) is 0 Å². The molecular weight excluding hydrogens is 406 g/mol. The molecule has 0 bridgehead atoms. The Morgan fingerprint density at radius 3 is 2.53 bits per heavy atom. The summed E-state index contributed by atoms with van der Waals surface area (Å²) in [5.74, 6) is 0. The third kappa shape index (κ3) is 4.35. The maximum atomic E-state index is 11.1. The lowest BCUT2D eigenvalue weighted by Gasteiger charge is -2.31. The number of carbonyl (C=O) groups is 1. The molecule has 2 aliphatic carbocycles. The van der Waals surface area contributed by atoms with E-state index >= 15 is 0 Å². The molecule has 9 nitrogen and oxygen atoms in total. The number of nitrogens with one attached hydrogen (secondary N) is 1. The van der Waals surface area contributed by atoms with Crippen LogP contribution in [0.3, 0.4) is 0 Å². The Kier molecular flexibility index (Phi) is 6.07. The molecule has 1 fully saturated rings. The van der Waals surface area contributed by atoms with Crippen molar-refractivity contribution in [1.29, 1.82) is 0 Å². The van der Waals surface area contributed by atoms with Crippen molar-refractivity contribution in [1.82, 2.24) is 9.78 Å². The molecule has 3 aliphatic rings. The van der Waals surface area contributed by atoms with Crippen molar-refractivity contribution < 1.29 is 19.7 Å². The fourth-order valence-corrected chi connectivity index (χ4v) is 4.66. The number of rotatable bonds is 5. The van der Waals surface area contributed by atoms with Gasteiger partial charge in [-0.15, -0.1) is 0 Å². The van der Waals surface area contributed by atoms with Gasteiger partial charge in [0.15, 0.2) is 0 Å². The van der Waals surface area contributed by atoms with Crippen LogP contribution in [0.25, 0.3) is 0 Å². The van der Waals surface area contributed by atoms with E-state index < -0.39 is 17.3 Å². The number of primary amides is 1. The van der Waals surface area contributed by atoms with Crippen molar-refractivity contribution in [3.8, 4) is 0 Å². The Balaban J connectivity index is 0.000000171. The van der Waals surface area contributed by atoms with Crippen molar-refractivity contribution in [2.75, 3.05) is 22.8 Å². The Bertz CT molecular complexity index is 946. The van der Waals surface area contributed by atoms with Crippen molar-refractivity contribution >= 4 is 28.7 Å². The third-order valence-corrected chi connectivity index (χ3v) is 6.54. The number of amides is 2. The molecule has 30 heavy (non-hydrogen) atoms. The summed E-state index contributed by atoms with van der Waals surface area (Å²) in [6.45, 7) is 1.08. The van der Waals surface area contributed by atoms with Crippen LogP contribution in [0.2, 0.25) is 0 Å². The molecule has 1 aromatic heterocycles. The van der Waals surface area contributed by atoms with E-state index in [9.17, 15) is 13.6 Å². The van der Waals surface area contributed by atoms with E-state index in [2.05, 4.69) is 16.5 Å². The van der Waals surface area contributed by atoms with Gasteiger partial charge in [-0.1, -0.05) is 6.07 Å². The van der Waals surface area contributed by atoms with Crippen molar-refractivity contribution in [2.24, 2.45) is 12.8 Å². The standard InChI is InChI=1S/C11H12N2O.C9H15N3O3S.H2/c12-11(14)13-10-8-3-1-6(8)5-7-2-4-9(7)10;1-11-6-8(5-10-11)12(16(13)14)7-9-3-2-4-15-9;/h5H,1-4H2,(H3,12,13,14);5-6,9H,2-4,7H2,1H3,(H,13,14);1H/p-1/t;9-;/m.1./s1. The van der Waals surface area contributed by atoms with Crippen LogP contribution in [0.5, 0.6) is 0 Å². The highest BCUT2D eigenvalue weighted by atomic mass is 32.2. The third-order valence-electron chi connectivity index (χ3n) is 5.82. The lowest BCUT2D eigenvalue weighted by atomic mass is 9.76. The number of aryl methyl sites for hydroxylation is 3. The number of hydrogen-bond acceptors (Lipinski definition) is 5. The zero-order valence-corrected chi connectivity index (χ0v) is 17.7. The van der Waals surface area contributed by atoms with Crippen LogP contribution in [-0.4, -0.2) is 43.8 Å². The average Bonchev–Trinajstić information content (AvgIpc) is 3.28. The SMILES string of the molecule is Cn1cc(N(C[C@H]2CCCO2)S(=O)[O-])cn1.NC(=O)Nc1c2c(cc3c1CC3)CC2.[HH]. The van der Waals surface area contributed by atoms with Gasteiger partial charge in [0.1, 0.15) is 0 Å². The van der Waals surface area contributed by atoms with Gasteiger partial charge in [-0.2, -0.15) is 5.10 Å². The summed E-state index contributed by atoms with van der Waals surface area (Å²) >= 11 is -2.29. The summed E-state index contributed by atoms with van der Waals surface area (Å²) < 4.78 is 30.5. The number of aromatic nitrogens is 2. The molecule has 1 unspecified atom stereocenters. The highest BCUT2D eigenvalue weighted by Gasteiger charge is 2.27. The van der Waals surface area contributed by atoms with Crippen LogP contribution in [0, 0.1) is 0 Å². The second kappa shape index (κ2) is 8.75. The molecule has 1 aromatic carbocycles. The van der Waals surface area contributed by atoms with Gasteiger partial charge < -0.3 is 20.3 Å². The normalized spacial score (nSPS) is 19.3. The number of nitrogens with two attached hydrogens (primary N) is 1. The first-order chi connectivity index (χ1) is 14.4. The zero-order chi connectivity index (χ0) is 21.3. The van der Waals surface area contributed by atoms with Crippen LogP contribution in [-0.2, 0) is 48.7 Å². The van der Waals surface area contributed by atoms with Gasteiger partial charge in [-0.05, 0) is 60.8 Å². The van der Waals surface area contributed by atoms with Crippen LogP contribution in [0.4, 0.5) is 16.2 Å². The summed E-state index contributed by atoms with van der Waals surface area (Å²) in [6, 6.07) is 1.84. The summed E-state index contributed by atoms with van der Waals surface area (Å²) in [7, 11) is 1.75. The number of nitrogens with zero attached hydrogens (tertiary/aromatic N) is 3. The number of fused-ring (bicyclic) bond motifs is 2. The summed E-state index contributed by atoms with van der Waals surface area (Å²) in [4.78, 5) is 10.9. The van der Waals surface area contributed by atoms with E-state index in [-0.39, 0.29) is 7.53 Å². The predicted octanol–water partition coefficient (Wildman–Crippen LogP) is 1.82. The van der Waals surface area contributed by atoms with Crippen LogP contribution in [0.1, 0.15) is 36.5 Å². The highest BCUT2D eigenvalue weighted by molar-refractivity contribution is 7.80. The van der Waals surface area contributed by atoms with E-state index in [1.165, 1.54) is 32.8 Å². The first-order valence-electron chi connectivity index (χ1n) is 10.1. The van der Waals surface area contributed by atoms with Crippen LogP contribution in [0.15, 0.2) is 18.5 Å². The molecule has 0 saturated carbocycles. The molecule has 2 heterocycles. The van der Waals surface area contributed by atoms with E-state index in [0.717, 1.165) is 50.8 Å². The summed E-state index contributed by atoms with van der Waals surface area (Å²) in [6.07, 6.45) is 9.57. The number of urea groups is 1. The quantitative estimate of drug-likeness (QED) is 0.694. The van der Waals surface area contributed by atoms with Gasteiger partial charge in [0.25, 0.3) is 0 Å². The van der Waals surface area contributed by atoms with Crippen molar-refractivity contribution in [3.63, 3.8) is 0 Å². The van der Waals surface area contributed by atoms with E-state index in [1.54, 1.807) is 17.9 Å². The first-order valence-corrected chi connectivity index (χ1v) is 11.2. The predicted molar refractivity (Wildman–Crippen MR) is 115 cm³/mol. The second-order valence-corrected chi connectivity index (χ2v) is 8.68. The van der Waals surface area contributed by atoms with E-state index in [4.69, 9.17) is 10.5 Å². The average molecular weight is 435 g/mol. The smallest absolute Gasteiger partial charge is 0.316 e. The summed E-state index contributed by atoms with van der Waals surface area (Å²) in [5, 5.41) is 6.72. The second-order valence-electron chi connectivity index (χ2n) is 7.80. The van der Waals surface area contributed by atoms with Crippen molar-refractivity contribution in [2.45, 2.75) is 44.6 Å². The summed E-state index contributed by atoms with van der Waals surface area (Å²) in [5.41, 5.74) is 12.2. The molecule has 1 saturated heterocycles. The molecular formula is C20H28N5O4S-. The number of ether oxygens (including phenoxy) is 1. The lowest BCUT2D eigenvalue weighted by molar-refractivity contribution is 0.118. The van der Waals surface area contributed by atoms with Crippen LogP contribution >= 0.6 is 0 Å². The molecule has 3 N–H and O–H groups in total. The number of benzene rings is 1. The maximum Gasteiger partial charge on any atom is 0.316 e. The molecule has 164 valence electrons. The topological polar surface area (TPSA) is 126 Å². The Labute approximate surface area is 179 Å². The molecule has 1 aliphatic heterocycles. The Morgan fingerprint density at radius 1 is 1.40 bits per heavy atom. The van der Waals surface area contributed by atoms with Gasteiger partial charge >= 0.3 is 6.03 Å². The number of anilines is 2. The molecule has 2 aromatic rings.